The van der Waals surface area contributed by atoms with Crippen LogP contribution in [0.2, 0.25) is 0 Å². The van der Waals surface area contributed by atoms with Gasteiger partial charge in [0.15, 0.2) is 0 Å². The van der Waals surface area contributed by atoms with E-state index in [1.807, 2.05) is 24.6 Å². The monoisotopic (exact) mass is 292 g/mol. The lowest BCUT2D eigenvalue weighted by atomic mass is 9.89. The normalized spacial score (nSPS) is 14.0. The first-order valence-corrected chi connectivity index (χ1v) is 6.97. The summed E-state index contributed by atoms with van der Waals surface area (Å²) in [5, 5.41) is 15.2. The molecule has 0 aliphatic rings. The average molecular weight is 292 g/mol. The summed E-state index contributed by atoms with van der Waals surface area (Å²) in [4.78, 5) is 0. The Morgan fingerprint density at radius 2 is 2.14 bits per heavy atom. The number of rotatable bonds is 5. The van der Waals surface area contributed by atoms with Crippen molar-refractivity contribution in [1.82, 2.24) is 9.78 Å². The third kappa shape index (κ3) is 3.08. The summed E-state index contributed by atoms with van der Waals surface area (Å²) in [6.07, 6.45) is 0.263. The Morgan fingerprint density at radius 3 is 2.76 bits per heavy atom. The van der Waals surface area contributed by atoms with Crippen LogP contribution in [0.3, 0.4) is 0 Å². The number of hydrogen-bond acceptors (Lipinski definition) is 3. The van der Waals surface area contributed by atoms with Gasteiger partial charge in [0.2, 0.25) is 0 Å². The quantitative estimate of drug-likeness (QED) is 0.922. The van der Waals surface area contributed by atoms with E-state index in [9.17, 15) is 9.50 Å². The number of nitrogens with zero attached hydrogens (tertiary/aromatic N) is 2. The van der Waals surface area contributed by atoms with Crippen molar-refractivity contribution in [3.8, 4) is 5.75 Å². The molecule has 1 N–H and O–H groups in total. The van der Waals surface area contributed by atoms with Gasteiger partial charge >= 0.3 is 0 Å². The molecule has 0 fully saturated rings. The zero-order valence-corrected chi connectivity index (χ0v) is 12.9. The van der Waals surface area contributed by atoms with Crippen molar-refractivity contribution in [2.45, 2.75) is 39.3 Å². The lowest BCUT2D eigenvalue weighted by Crippen LogP contribution is -2.28. The topological polar surface area (TPSA) is 47.3 Å². The first kappa shape index (κ1) is 15.5. The van der Waals surface area contributed by atoms with E-state index in [-0.39, 0.29) is 12.0 Å². The highest BCUT2D eigenvalue weighted by molar-refractivity contribution is 5.39. The second-order valence-corrected chi connectivity index (χ2v) is 5.36. The molecule has 0 spiro atoms. The van der Waals surface area contributed by atoms with Gasteiger partial charge in [0.25, 0.3) is 0 Å². The van der Waals surface area contributed by atoms with Gasteiger partial charge in [-0.2, -0.15) is 5.10 Å². The molecule has 4 nitrogen and oxygen atoms in total. The minimum Gasteiger partial charge on any atom is -0.496 e. The van der Waals surface area contributed by atoms with E-state index in [0.717, 1.165) is 11.4 Å². The minimum atomic E-state index is -1.38. The summed E-state index contributed by atoms with van der Waals surface area (Å²) in [7, 11) is 1.47. The summed E-state index contributed by atoms with van der Waals surface area (Å²) >= 11 is 0. The molecule has 1 aromatic heterocycles. The van der Waals surface area contributed by atoms with Crippen LogP contribution in [0.25, 0.3) is 0 Å². The number of ether oxygens (including phenoxy) is 1. The Labute approximate surface area is 124 Å². The fraction of sp³-hybridized carbons (Fsp3) is 0.438. The number of benzene rings is 1. The smallest absolute Gasteiger partial charge is 0.133 e. The van der Waals surface area contributed by atoms with Gasteiger partial charge in [-0.15, -0.1) is 0 Å². The molecule has 114 valence electrons. The van der Waals surface area contributed by atoms with E-state index in [1.165, 1.54) is 13.2 Å². The molecule has 2 rings (SSSR count). The largest absolute Gasteiger partial charge is 0.496 e. The third-order valence-corrected chi connectivity index (χ3v) is 3.54. The molecule has 21 heavy (non-hydrogen) atoms. The molecule has 1 atom stereocenters. The number of hydrogen-bond donors (Lipinski definition) is 1. The van der Waals surface area contributed by atoms with Crippen molar-refractivity contribution in [3.05, 3.63) is 47.0 Å². The maximum atomic E-state index is 14.2. The van der Waals surface area contributed by atoms with Crippen molar-refractivity contribution >= 4 is 0 Å². The van der Waals surface area contributed by atoms with E-state index in [2.05, 4.69) is 5.10 Å². The summed E-state index contributed by atoms with van der Waals surface area (Å²) in [6, 6.07) is 6.45. The second-order valence-electron chi connectivity index (χ2n) is 5.36. The molecular formula is C16H21FN2O2. The lowest BCUT2D eigenvalue weighted by molar-refractivity contribution is 0.0488. The van der Waals surface area contributed by atoms with E-state index < -0.39 is 11.4 Å². The molecule has 0 radical (unpaired) electrons. The number of methoxy groups -OCH3 is 1. The van der Waals surface area contributed by atoms with Crippen molar-refractivity contribution in [2.24, 2.45) is 0 Å². The maximum absolute atomic E-state index is 14.2. The van der Waals surface area contributed by atoms with Gasteiger partial charge in [-0.25, -0.2) is 4.39 Å². The molecule has 2 aromatic rings. The van der Waals surface area contributed by atoms with Gasteiger partial charge in [-0.3, -0.25) is 4.68 Å². The Balaban J connectivity index is 2.42. The number of halogens is 1. The standard InChI is InChI=1S/C16H21FN2O2/c1-5-19-12(9-11(2)18-19)10-16(3,20)15-13(17)7-6-8-14(15)21-4/h6-9,20H,5,10H2,1-4H3. The average Bonchev–Trinajstić information content (AvgIpc) is 2.77. The van der Waals surface area contributed by atoms with Crippen molar-refractivity contribution in [2.75, 3.05) is 7.11 Å². The van der Waals surface area contributed by atoms with Crippen LogP contribution in [0, 0.1) is 12.7 Å². The van der Waals surface area contributed by atoms with Crippen LogP contribution in [0.5, 0.6) is 5.75 Å². The van der Waals surface area contributed by atoms with Gasteiger partial charge in [0, 0.05) is 18.7 Å². The van der Waals surface area contributed by atoms with Crippen LogP contribution in [0.15, 0.2) is 24.3 Å². The predicted molar refractivity (Wildman–Crippen MR) is 78.9 cm³/mol. The van der Waals surface area contributed by atoms with Crippen LogP contribution in [0.4, 0.5) is 4.39 Å². The zero-order chi connectivity index (χ0) is 15.6. The van der Waals surface area contributed by atoms with Crippen LogP contribution < -0.4 is 4.74 Å². The second kappa shape index (κ2) is 5.85. The molecule has 0 aliphatic carbocycles. The maximum Gasteiger partial charge on any atom is 0.133 e. The summed E-state index contributed by atoms with van der Waals surface area (Å²) in [5.74, 6) is -0.127. The van der Waals surface area contributed by atoms with Gasteiger partial charge in [-0.1, -0.05) is 6.07 Å². The number of aliphatic hydroxyl groups is 1. The number of aryl methyl sites for hydroxylation is 2. The molecule has 0 aliphatic heterocycles. The summed E-state index contributed by atoms with van der Waals surface area (Å²) in [6.45, 7) is 6.17. The summed E-state index contributed by atoms with van der Waals surface area (Å²) in [5.41, 5.74) is 0.540. The molecule has 0 bridgehead atoms. The third-order valence-electron chi connectivity index (χ3n) is 3.54. The van der Waals surface area contributed by atoms with E-state index in [1.54, 1.807) is 19.1 Å². The predicted octanol–water partition coefficient (Wildman–Crippen LogP) is 2.81. The van der Waals surface area contributed by atoms with Crippen LogP contribution in [-0.4, -0.2) is 22.0 Å². The van der Waals surface area contributed by atoms with Gasteiger partial charge in [-0.05, 0) is 39.0 Å². The zero-order valence-electron chi connectivity index (χ0n) is 12.9. The molecule has 1 heterocycles. The summed E-state index contributed by atoms with van der Waals surface area (Å²) < 4.78 is 21.2. The van der Waals surface area contributed by atoms with E-state index >= 15 is 0 Å². The van der Waals surface area contributed by atoms with E-state index in [4.69, 9.17) is 4.74 Å². The first-order valence-electron chi connectivity index (χ1n) is 6.97. The molecular weight excluding hydrogens is 271 g/mol. The van der Waals surface area contributed by atoms with Crippen LogP contribution >= 0.6 is 0 Å². The number of aromatic nitrogens is 2. The van der Waals surface area contributed by atoms with Gasteiger partial charge < -0.3 is 9.84 Å². The Kier molecular flexibility index (Phi) is 4.32. The highest BCUT2D eigenvalue weighted by Gasteiger charge is 2.31. The Morgan fingerprint density at radius 1 is 1.43 bits per heavy atom. The van der Waals surface area contributed by atoms with Gasteiger partial charge in [0.05, 0.1) is 24.0 Å². The van der Waals surface area contributed by atoms with Crippen molar-refractivity contribution in [3.63, 3.8) is 0 Å². The SMILES string of the molecule is CCn1nc(C)cc1CC(C)(O)c1c(F)cccc1OC. The highest BCUT2D eigenvalue weighted by Crippen LogP contribution is 2.34. The molecule has 1 unspecified atom stereocenters. The van der Waals surface area contributed by atoms with Crippen LogP contribution in [-0.2, 0) is 18.6 Å². The molecule has 5 heteroatoms. The molecule has 0 saturated carbocycles. The lowest BCUT2D eigenvalue weighted by Gasteiger charge is -2.26. The first-order chi connectivity index (χ1) is 9.89. The van der Waals surface area contributed by atoms with Gasteiger partial charge in [0.1, 0.15) is 11.6 Å². The van der Waals surface area contributed by atoms with E-state index in [0.29, 0.717) is 12.3 Å². The highest BCUT2D eigenvalue weighted by atomic mass is 19.1. The van der Waals surface area contributed by atoms with Crippen molar-refractivity contribution in [1.29, 1.82) is 0 Å². The Hall–Kier alpha value is -1.88. The molecule has 0 amide bonds. The minimum absolute atomic E-state index is 0.175. The molecule has 1 aromatic carbocycles. The fourth-order valence-electron chi connectivity index (χ4n) is 2.65. The fourth-order valence-corrected chi connectivity index (χ4v) is 2.65. The Bertz CT molecular complexity index is 635. The van der Waals surface area contributed by atoms with Crippen LogP contribution in [0.1, 0.15) is 30.8 Å². The molecule has 0 saturated heterocycles. The van der Waals surface area contributed by atoms with Crippen molar-refractivity contribution < 1.29 is 14.2 Å².